The van der Waals surface area contributed by atoms with Gasteiger partial charge >= 0.3 is 0 Å². The van der Waals surface area contributed by atoms with E-state index in [4.69, 9.17) is 0 Å². The molecule has 24 heavy (non-hydrogen) atoms. The molecule has 1 unspecified atom stereocenters. The Bertz CT molecular complexity index is 643. The van der Waals surface area contributed by atoms with Crippen molar-refractivity contribution in [2.24, 2.45) is 4.99 Å². The van der Waals surface area contributed by atoms with Crippen molar-refractivity contribution in [1.82, 2.24) is 5.32 Å². The van der Waals surface area contributed by atoms with E-state index in [0.717, 1.165) is 25.8 Å². The van der Waals surface area contributed by atoms with Gasteiger partial charge in [0.05, 0.1) is 5.84 Å². The van der Waals surface area contributed by atoms with E-state index in [1.54, 1.807) is 0 Å². The van der Waals surface area contributed by atoms with Crippen LogP contribution in [0.1, 0.15) is 55.3 Å². The van der Waals surface area contributed by atoms with Crippen molar-refractivity contribution in [1.29, 1.82) is 0 Å². The normalized spacial score (nSPS) is 16.1. The van der Waals surface area contributed by atoms with Crippen LogP contribution in [0.2, 0.25) is 0 Å². The summed E-state index contributed by atoms with van der Waals surface area (Å²) >= 11 is 0. The second-order valence-corrected chi connectivity index (χ2v) is 6.73. The fourth-order valence-corrected chi connectivity index (χ4v) is 3.23. The zero-order valence-corrected chi connectivity index (χ0v) is 14.7. The largest absolute Gasteiger partial charge is 0.367 e. The van der Waals surface area contributed by atoms with Crippen LogP contribution in [0.15, 0.2) is 59.6 Å². The van der Waals surface area contributed by atoms with Gasteiger partial charge in [-0.15, -0.1) is 0 Å². The Morgan fingerprint density at radius 3 is 2.33 bits per heavy atom. The first-order valence-electron chi connectivity index (χ1n) is 9.24. The summed E-state index contributed by atoms with van der Waals surface area (Å²) in [6.07, 6.45) is 7.09. The first-order valence-corrected chi connectivity index (χ1v) is 9.24. The van der Waals surface area contributed by atoms with Crippen LogP contribution >= 0.6 is 0 Å². The molecule has 0 amide bonds. The van der Waals surface area contributed by atoms with Gasteiger partial charge < -0.3 is 5.32 Å². The highest BCUT2D eigenvalue weighted by molar-refractivity contribution is 5.82. The van der Waals surface area contributed by atoms with Crippen LogP contribution in [0, 0.1) is 0 Å². The Morgan fingerprint density at radius 1 is 0.875 bits per heavy atom. The van der Waals surface area contributed by atoms with Gasteiger partial charge in [0.25, 0.3) is 0 Å². The first-order chi connectivity index (χ1) is 11.8. The molecule has 1 aliphatic heterocycles. The molecular weight excluding hydrogens is 292 g/mol. The number of hydrogen-bond donors (Lipinski definition) is 1. The summed E-state index contributed by atoms with van der Waals surface area (Å²) in [5.74, 6) is 1.19. The number of nitrogens with zero attached hydrogens (tertiary/aromatic N) is 1. The van der Waals surface area contributed by atoms with Crippen molar-refractivity contribution in [2.45, 2.75) is 51.5 Å². The van der Waals surface area contributed by atoms with Crippen molar-refractivity contribution < 1.29 is 0 Å². The molecule has 0 spiro atoms. The molecule has 1 heterocycles. The van der Waals surface area contributed by atoms with Gasteiger partial charge in [-0.1, -0.05) is 61.0 Å². The molecule has 126 valence electrons. The van der Waals surface area contributed by atoms with Crippen LogP contribution in [0.4, 0.5) is 0 Å². The zero-order valence-electron chi connectivity index (χ0n) is 14.7. The van der Waals surface area contributed by atoms with Crippen molar-refractivity contribution in [3.05, 3.63) is 71.3 Å². The van der Waals surface area contributed by atoms with E-state index in [2.05, 4.69) is 71.8 Å². The molecule has 0 saturated heterocycles. The lowest BCUT2D eigenvalue weighted by Crippen LogP contribution is -2.26. The maximum absolute atomic E-state index is 4.67. The summed E-state index contributed by atoms with van der Waals surface area (Å²) in [4.78, 5) is 4.67. The van der Waals surface area contributed by atoms with E-state index in [9.17, 15) is 0 Å². The summed E-state index contributed by atoms with van der Waals surface area (Å²) in [7, 11) is 0. The van der Waals surface area contributed by atoms with Gasteiger partial charge in [-0.25, -0.2) is 0 Å². The van der Waals surface area contributed by atoms with Crippen molar-refractivity contribution >= 4 is 5.84 Å². The highest BCUT2D eigenvalue weighted by Gasteiger charge is 2.10. The minimum atomic E-state index is 0.324. The van der Waals surface area contributed by atoms with Crippen LogP contribution < -0.4 is 5.32 Å². The van der Waals surface area contributed by atoms with Gasteiger partial charge in [0.1, 0.15) is 0 Å². The van der Waals surface area contributed by atoms with Gasteiger partial charge in [-0.3, -0.25) is 4.99 Å². The fourth-order valence-electron chi connectivity index (χ4n) is 3.23. The van der Waals surface area contributed by atoms with Gasteiger partial charge in [-0.05, 0) is 49.3 Å². The molecule has 2 aromatic rings. The number of aryl methyl sites for hydroxylation is 2. The molecule has 0 bridgehead atoms. The second kappa shape index (κ2) is 8.68. The maximum atomic E-state index is 4.67. The number of amidine groups is 1. The molecule has 1 atom stereocenters. The Hall–Kier alpha value is -2.09. The lowest BCUT2D eigenvalue weighted by molar-refractivity contribution is 0.693. The molecule has 0 aliphatic carbocycles. The van der Waals surface area contributed by atoms with Crippen LogP contribution in [0.3, 0.4) is 0 Å². The van der Waals surface area contributed by atoms with Crippen LogP contribution in [0.5, 0.6) is 0 Å². The van der Waals surface area contributed by atoms with E-state index in [-0.39, 0.29) is 0 Å². The minimum absolute atomic E-state index is 0.324. The fraction of sp³-hybridized carbons (Fsp3) is 0.409. The Morgan fingerprint density at radius 2 is 1.58 bits per heavy atom. The molecule has 0 aromatic heterocycles. The Kier molecular flexibility index (Phi) is 6.06. The smallest absolute Gasteiger partial charge is 0.0967 e. The number of aliphatic imine (C=N–C) groups is 1. The summed E-state index contributed by atoms with van der Waals surface area (Å²) in [6.45, 7) is 3.21. The minimum Gasteiger partial charge on any atom is -0.367 e. The number of benzene rings is 2. The molecule has 3 rings (SSSR count). The lowest BCUT2D eigenvalue weighted by atomic mass is 10.0. The number of nitrogens with one attached hydrogen (secondary N) is 1. The average Bonchev–Trinajstić information content (AvgIpc) is 2.90. The second-order valence-electron chi connectivity index (χ2n) is 6.73. The predicted octanol–water partition coefficient (Wildman–Crippen LogP) is 5.09. The Balaban J connectivity index is 1.54. The molecular formula is C22H28N2. The van der Waals surface area contributed by atoms with Gasteiger partial charge in [0, 0.05) is 19.0 Å². The van der Waals surface area contributed by atoms with E-state index in [1.807, 2.05) is 0 Å². The summed E-state index contributed by atoms with van der Waals surface area (Å²) in [5, 5.41) is 3.60. The van der Waals surface area contributed by atoms with Gasteiger partial charge in [-0.2, -0.15) is 0 Å². The Labute approximate surface area is 146 Å². The van der Waals surface area contributed by atoms with Crippen LogP contribution in [-0.2, 0) is 12.8 Å². The molecule has 0 saturated carbocycles. The lowest BCUT2D eigenvalue weighted by Gasteiger charge is -2.17. The van der Waals surface area contributed by atoms with Crippen molar-refractivity contribution in [3.8, 4) is 0 Å². The summed E-state index contributed by atoms with van der Waals surface area (Å²) in [6, 6.07) is 20.1. The highest BCUT2D eigenvalue weighted by atomic mass is 15.0. The predicted molar refractivity (Wildman–Crippen MR) is 103 cm³/mol. The molecule has 1 aliphatic rings. The van der Waals surface area contributed by atoms with Crippen molar-refractivity contribution in [3.63, 3.8) is 0 Å². The quantitative estimate of drug-likeness (QED) is 0.815. The third-order valence-electron chi connectivity index (χ3n) is 4.78. The molecule has 2 heteroatoms. The third-order valence-corrected chi connectivity index (χ3v) is 4.78. The zero-order chi connectivity index (χ0) is 16.6. The van der Waals surface area contributed by atoms with Crippen LogP contribution in [0.25, 0.3) is 0 Å². The third kappa shape index (κ3) is 4.95. The first kappa shape index (κ1) is 16.8. The van der Waals surface area contributed by atoms with E-state index in [0.29, 0.717) is 6.04 Å². The standard InChI is InChI=1S/C22H28N2/c1-18(24-22-10-6-3-7-17-23-22)21-15-13-20(14-16-21)12-11-19-8-4-2-5-9-19/h2,4-5,8-9,13-16,18H,3,6-7,10-12,17H2,1H3,(H,23,24). The molecule has 0 radical (unpaired) electrons. The molecule has 1 N–H and O–H groups in total. The molecule has 0 fully saturated rings. The van der Waals surface area contributed by atoms with Crippen LogP contribution in [-0.4, -0.2) is 12.4 Å². The topological polar surface area (TPSA) is 24.4 Å². The number of rotatable bonds is 5. The van der Waals surface area contributed by atoms with E-state index >= 15 is 0 Å². The monoisotopic (exact) mass is 320 g/mol. The maximum Gasteiger partial charge on any atom is 0.0967 e. The molecule has 2 aromatic carbocycles. The average molecular weight is 320 g/mol. The van der Waals surface area contributed by atoms with Gasteiger partial charge in [0.15, 0.2) is 0 Å². The van der Waals surface area contributed by atoms with E-state index in [1.165, 1.54) is 41.8 Å². The SMILES string of the molecule is CC(NC1=NCCCCC1)c1ccc(CCc2ccccc2)cc1. The molecule has 2 nitrogen and oxygen atoms in total. The number of hydrogen-bond acceptors (Lipinski definition) is 2. The van der Waals surface area contributed by atoms with Crippen molar-refractivity contribution in [2.75, 3.05) is 6.54 Å². The highest BCUT2D eigenvalue weighted by Crippen LogP contribution is 2.16. The van der Waals surface area contributed by atoms with Gasteiger partial charge in [0.2, 0.25) is 0 Å². The summed E-state index contributed by atoms with van der Waals surface area (Å²) in [5.41, 5.74) is 4.15. The van der Waals surface area contributed by atoms with E-state index < -0.39 is 0 Å². The summed E-state index contributed by atoms with van der Waals surface area (Å²) < 4.78 is 0.